The average molecular weight is 278 g/mol. The van der Waals surface area contributed by atoms with E-state index in [-0.39, 0.29) is 29.9 Å². The first-order valence-electron chi connectivity index (χ1n) is 8.03. The molecule has 2 amide bonds. The van der Waals surface area contributed by atoms with Crippen molar-refractivity contribution >= 4 is 11.8 Å². The molecule has 112 valence electrons. The van der Waals surface area contributed by atoms with Crippen molar-refractivity contribution in [2.24, 2.45) is 5.41 Å². The van der Waals surface area contributed by atoms with Gasteiger partial charge in [-0.2, -0.15) is 0 Å². The number of hydrogen-bond donors (Lipinski definition) is 0. The first kappa shape index (κ1) is 13.9. The standard InChI is InChI=1S/C16H26N2O2/c1-11-14(19)17-9-5-4-6-13(17)15(20)18(11)12-7-8-16(2,3)10-12/h11-13H,4-10H2,1-3H3. The molecule has 0 aromatic rings. The fourth-order valence-corrected chi connectivity index (χ4v) is 4.31. The van der Waals surface area contributed by atoms with Gasteiger partial charge in [0.1, 0.15) is 12.1 Å². The van der Waals surface area contributed by atoms with Crippen molar-refractivity contribution < 1.29 is 9.59 Å². The maximum absolute atomic E-state index is 12.8. The van der Waals surface area contributed by atoms with E-state index in [4.69, 9.17) is 0 Å². The monoisotopic (exact) mass is 278 g/mol. The van der Waals surface area contributed by atoms with Crippen LogP contribution in [0, 0.1) is 5.41 Å². The van der Waals surface area contributed by atoms with Gasteiger partial charge in [0.25, 0.3) is 0 Å². The van der Waals surface area contributed by atoms with E-state index in [1.165, 1.54) is 0 Å². The Morgan fingerprint density at radius 1 is 1.10 bits per heavy atom. The molecule has 3 aliphatic rings. The van der Waals surface area contributed by atoms with Crippen LogP contribution in [-0.2, 0) is 9.59 Å². The van der Waals surface area contributed by atoms with Crippen LogP contribution in [0.4, 0.5) is 0 Å². The Morgan fingerprint density at radius 2 is 1.85 bits per heavy atom. The van der Waals surface area contributed by atoms with Crippen molar-refractivity contribution in [2.45, 2.75) is 77.4 Å². The Hall–Kier alpha value is -1.06. The van der Waals surface area contributed by atoms with Crippen LogP contribution in [0.15, 0.2) is 0 Å². The van der Waals surface area contributed by atoms with Crippen LogP contribution < -0.4 is 0 Å². The van der Waals surface area contributed by atoms with Gasteiger partial charge >= 0.3 is 0 Å². The molecule has 4 heteroatoms. The van der Waals surface area contributed by atoms with Gasteiger partial charge in [-0.05, 0) is 50.9 Å². The van der Waals surface area contributed by atoms with Crippen molar-refractivity contribution in [3.8, 4) is 0 Å². The van der Waals surface area contributed by atoms with Gasteiger partial charge in [-0.25, -0.2) is 0 Å². The third kappa shape index (κ3) is 2.13. The van der Waals surface area contributed by atoms with Gasteiger partial charge in [0.05, 0.1) is 0 Å². The summed E-state index contributed by atoms with van der Waals surface area (Å²) in [4.78, 5) is 29.2. The fourth-order valence-electron chi connectivity index (χ4n) is 4.31. The molecule has 4 nitrogen and oxygen atoms in total. The minimum absolute atomic E-state index is 0.166. The number of nitrogens with zero attached hydrogens (tertiary/aromatic N) is 2. The van der Waals surface area contributed by atoms with Crippen molar-refractivity contribution in [2.75, 3.05) is 6.54 Å². The maximum Gasteiger partial charge on any atom is 0.246 e. The summed E-state index contributed by atoms with van der Waals surface area (Å²) in [5, 5.41) is 0. The number of fused-ring (bicyclic) bond motifs is 1. The molecule has 3 rings (SSSR count). The molecule has 0 spiro atoms. The number of amides is 2. The highest BCUT2D eigenvalue weighted by Crippen LogP contribution is 2.41. The van der Waals surface area contributed by atoms with Crippen molar-refractivity contribution in [1.82, 2.24) is 9.80 Å². The van der Waals surface area contributed by atoms with Crippen LogP contribution in [0.2, 0.25) is 0 Å². The quantitative estimate of drug-likeness (QED) is 0.737. The summed E-state index contributed by atoms with van der Waals surface area (Å²) in [5.74, 6) is 0.374. The molecule has 2 aliphatic heterocycles. The van der Waals surface area contributed by atoms with E-state index in [1.807, 2.05) is 16.7 Å². The molecule has 0 radical (unpaired) electrons. The van der Waals surface area contributed by atoms with Crippen molar-refractivity contribution in [3.05, 3.63) is 0 Å². The normalized spacial score (nSPS) is 37.2. The largest absolute Gasteiger partial charge is 0.329 e. The molecule has 0 aromatic heterocycles. The zero-order valence-corrected chi connectivity index (χ0v) is 12.9. The van der Waals surface area contributed by atoms with E-state index in [0.29, 0.717) is 5.41 Å². The van der Waals surface area contributed by atoms with Gasteiger partial charge in [0.15, 0.2) is 0 Å². The Labute approximate surface area is 121 Å². The van der Waals surface area contributed by atoms with E-state index in [2.05, 4.69) is 13.8 Å². The van der Waals surface area contributed by atoms with Crippen LogP contribution in [0.25, 0.3) is 0 Å². The summed E-state index contributed by atoms with van der Waals surface area (Å²) in [5.41, 5.74) is 0.303. The molecule has 2 saturated heterocycles. The lowest BCUT2D eigenvalue weighted by atomic mass is 9.90. The lowest BCUT2D eigenvalue weighted by molar-refractivity contribution is -0.165. The molecule has 0 N–H and O–H groups in total. The number of carbonyl (C=O) groups is 2. The minimum atomic E-state index is -0.268. The molecular formula is C16H26N2O2. The van der Waals surface area contributed by atoms with E-state index >= 15 is 0 Å². The smallest absolute Gasteiger partial charge is 0.246 e. The Balaban J connectivity index is 1.84. The van der Waals surface area contributed by atoms with Gasteiger partial charge in [-0.3, -0.25) is 9.59 Å². The van der Waals surface area contributed by atoms with Crippen LogP contribution in [0.5, 0.6) is 0 Å². The van der Waals surface area contributed by atoms with Crippen LogP contribution in [0.1, 0.15) is 59.3 Å². The minimum Gasteiger partial charge on any atom is -0.329 e. The number of carbonyl (C=O) groups excluding carboxylic acids is 2. The first-order chi connectivity index (χ1) is 9.41. The highest BCUT2D eigenvalue weighted by molar-refractivity contribution is 5.97. The predicted molar refractivity (Wildman–Crippen MR) is 77.1 cm³/mol. The highest BCUT2D eigenvalue weighted by atomic mass is 16.2. The van der Waals surface area contributed by atoms with Gasteiger partial charge in [0, 0.05) is 12.6 Å². The third-order valence-corrected chi connectivity index (χ3v) is 5.44. The molecule has 1 saturated carbocycles. The van der Waals surface area contributed by atoms with Gasteiger partial charge < -0.3 is 9.80 Å². The second-order valence-corrected chi connectivity index (χ2v) is 7.53. The van der Waals surface area contributed by atoms with Crippen molar-refractivity contribution in [1.29, 1.82) is 0 Å². The molecule has 3 unspecified atom stereocenters. The number of piperidine rings is 1. The summed E-state index contributed by atoms with van der Waals surface area (Å²) in [6.45, 7) is 7.21. The average Bonchev–Trinajstić information content (AvgIpc) is 2.77. The summed E-state index contributed by atoms with van der Waals surface area (Å²) in [7, 11) is 0. The molecule has 0 aromatic carbocycles. The predicted octanol–water partition coefficient (Wildman–Crippen LogP) is 2.18. The summed E-state index contributed by atoms with van der Waals surface area (Å²) in [6.07, 6.45) is 6.18. The van der Waals surface area contributed by atoms with Crippen LogP contribution >= 0.6 is 0 Å². The summed E-state index contributed by atoms with van der Waals surface area (Å²) >= 11 is 0. The zero-order valence-electron chi connectivity index (χ0n) is 12.9. The lowest BCUT2D eigenvalue weighted by Crippen LogP contribution is -2.66. The van der Waals surface area contributed by atoms with E-state index < -0.39 is 0 Å². The molecular weight excluding hydrogens is 252 g/mol. The molecule has 20 heavy (non-hydrogen) atoms. The molecule has 0 bridgehead atoms. The maximum atomic E-state index is 12.8. The zero-order chi connectivity index (χ0) is 14.5. The summed E-state index contributed by atoms with van der Waals surface area (Å²) in [6, 6.07) is -0.174. The first-order valence-corrected chi connectivity index (χ1v) is 8.03. The number of hydrogen-bond acceptors (Lipinski definition) is 2. The second-order valence-electron chi connectivity index (χ2n) is 7.53. The molecule has 1 aliphatic carbocycles. The summed E-state index contributed by atoms with van der Waals surface area (Å²) < 4.78 is 0. The fraction of sp³-hybridized carbons (Fsp3) is 0.875. The van der Waals surface area contributed by atoms with E-state index in [1.54, 1.807) is 0 Å². The van der Waals surface area contributed by atoms with Gasteiger partial charge in [-0.1, -0.05) is 13.8 Å². The van der Waals surface area contributed by atoms with Crippen molar-refractivity contribution in [3.63, 3.8) is 0 Å². The topological polar surface area (TPSA) is 40.6 Å². The number of rotatable bonds is 1. The second kappa shape index (κ2) is 4.74. The van der Waals surface area contributed by atoms with Gasteiger partial charge in [-0.15, -0.1) is 0 Å². The third-order valence-electron chi connectivity index (χ3n) is 5.44. The van der Waals surface area contributed by atoms with Crippen LogP contribution in [0.3, 0.4) is 0 Å². The molecule has 2 heterocycles. The van der Waals surface area contributed by atoms with Crippen LogP contribution in [-0.4, -0.2) is 46.3 Å². The Bertz CT molecular complexity index is 432. The number of piperazine rings is 1. The van der Waals surface area contributed by atoms with E-state index in [0.717, 1.165) is 45.1 Å². The highest BCUT2D eigenvalue weighted by Gasteiger charge is 2.48. The SMILES string of the molecule is CC1C(=O)N2CCCCC2C(=O)N1C1CCC(C)(C)C1. The molecule has 3 atom stereocenters. The molecule has 3 fully saturated rings. The Morgan fingerprint density at radius 3 is 2.50 bits per heavy atom. The Kier molecular flexibility index (Phi) is 3.30. The lowest BCUT2D eigenvalue weighted by Gasteiger charge is -2.48. The van der Waals surface area contributed by atoms with Gasteiger partial charge in [0.2, 0.25) is 11.8 Å². The van der Waals surface area contributed by atoms with E-state index in [9.17, 15) is 9.59 Å².